The summed E-state index contributed by atoms with van der Waals surface area (Å²) in [6, 6.07) is 12.0. The number of hydrogen-bond acceptors (Lipinski definition) is 3. The van der Waals surface area contributed by atoms with Gasteiger partial charge in [-0.3, -0.25) is 4.79 Å². The summed E-state index contributed by atoms with van der Waals surface area (Å²) in [5.74, 6) is 1.23. The van der Waals surface area contributed by atoms with Crippen molar-refractivity contribution < 1.29 is 9.32 Å². The molecule has 0 saturated carbocycles. The molecule has 4 nitrogen and oxygen atoms in total. The van der Waals surface area contributed by atoms with Crippen LogP contribution in [0.1, 0.15) is 44.9 Å². The van der Waals surface area contributed by atoms with Crippen LogP contribution in [0.3, 0.4) is 0 Å². The molecule has 1 N–H and O–H groups in total. The van der Waals surface area contributed by atoms with Crippen molar-refractivity contribution in [1.29, 1.82) is 0 Å². The molecule has 1 heterocycles. The molecule has 0 bridgehead atoms. The Kier molecular flexibility index (Phi) is 4.78. The van der Waals surface area contributed by atoms with Crippen molar-refractivity contribution in [2.24, 2.45) is 0 Å². The zero-order valence-electron chi connectivity index (χ0n) is 12.8. The second-order valence-corrected chi connectivity index (χ2v) is 6.21. The summed E-state index contributed by atoms with van der Waals surface area (Å²) in [5.41, 5.74) is 1.14. The highest BCUT2D eigenvalue weighted by Gasteiger charge is 2.20. The molecular formula is C17H22N2O2. The lowest BCUT2D eigenvalue weighted by atomic mass is 9.93. The Morgan fingerprint density at radius 1 is 1.24 bits per heavy atom. The topological polar surface area (TPSA) is 55.1 Å². The maximum atomic E-state index is 11.9. The molecule has 1 aromatic carbocycles. The van der Waals surface area contributed by atoms with Gasteiger partial charge >= 0.3 is 0 Å². The SMILES string of the molecule is CC(C)(C)c1cc(NC(=O)CCCc2ccccc2)no1. The number of aryl methyl sites for hydroxylation is 1. The summed E-state index contributed by atoms with van der Waals surface area (Å²) in [6.07, 6.45) is 2.20. The first-order chi connectivity index (χ1) is 9.95. The normalized spacial score (nSPS) is 11.4. The Labute approximate surface area is 125 Å². The van der Waals surface area contributed by atoms with E-state index in [4.69, 9.17) is 4.52 Å². The average molecular weight is 286 g/mol. The van der Waals surface area contributed by atoms with E-state index in [1.54, 1.807) is 6.07 Å². The van der Waals surface area contributed by atoms with Crippen LogP contribution in [0.25, 0.3) is 0 Å². The fourth-order valence-electron chi connectivity index (χ4n) is 1.99. The number of nitrogens with zero attached hydrogens (tertiary/aromatic N) is 1. The number of carbonyl (C=O) groups is 1. The molecular weight excluding hydrogens is 264 g/mol. The maximum absolute atomic E-state index is 11.9. The standard InChI is InChI=1S/C17H22N2O2/c1-17(2,3)14-12-15(19-21-14)18-16(20)11-7-10-13-8-5-4-6-9-13/h4-6,8-9,12H,7,10-11H2,1-3H3,(H,18,19,20). The molecule has 0 atom stereocenters. The Morgan fingerprint density at radius 2 is 1.95 bits per heavy atom. The van der Waals surface area contributed by atoms with Gasteiger partial charge in [0.1, 0.15) is 5.76 Å². The molecule has 112 valence electrons. The minimum Gasteiger partial charge on any atom is -0.359 e. The van der Waals surface area contributed by atoms with Crippen molar-refractivity contribution in [2.45, 2.75) is 45.4 Å². The first kappa shape index (κ1) is 15.3. The molecule has 2 aromatic rings. The average Bonchev–Trinajstić information content (AvgIpc) is 2.88. The van der Waals surface area contributed by atoms with E-state index in [-0.39, 0.29) is 11.3 Å². The second-order valence-electron chi connectivity index (χ2n) is 6.21. The second kappa shape index (κ2) is 6.57. The molecule has 0 fully saturated rings. The lowest BCUT2D eigenvalue weighted by molar-refractivity contribution is -0.116. The predicted molar refractivity (Wildman–Crippen MR) is 83.2 cm³/mol. The lowest BCUT2D eigenvalue weighted by Crippen LogP contribution is -2.12. The van der Waals surface area contributed by atoms with Crippen LogP contribution in [0, 0.1) is 0 Å². The Morgan fingerprint density at radius 3 is 2.57 bits per heavy atom. The highest BCUT2D eigenvalue weighted by atomic mass is 16.5. The minimum atomic E-state index is -0.108. The quantitative estimate of drug-likeness (QED) is 0.906. The van der Waals surface area contributed by atoms with Gasteiger partial charge in [0.2, 0.25) is 5.91 Å². The fraction of sp³-hybridized carbons (Fsp3) is 0.412. The molecule has 0 radical (unpaired) electrons. The van der Waals surface area contributed by atoms with Gasteiger partial charge in [0.25, 0.3) is 0 Å². The van der Waals surface area contributed by atoms with E-state index in [9.17, 15) is 4.79 Å². The Bertz CT molecular complexity index is 582. The van der Waals surface area contributed by atoms with Gasteiger partial charge in [0, 0.05) is 17.9 Å². The first-order valence-electron chi connectivity index (χ1n) is 7.26. The molecule has 21 heavy (non-hydrogen) atoms. The van der Waals surface area contributed by atoms with E-state index < -0.39 is 0 Å². The predicted octanol–water partition coefficient (Wildman–Crippen LogP) is 3.93. The van der Waals surface area contributed by atoms with Crippen LogP contribution >= 0.6 is 0 Å². The number of hydrogen-bond donors (Lipinski definition) is 1. The van der Waals surface area contributed by atoms with Crippen LogP contribution in [0.15, 0.2) is 40.9 Å². The van der Waals surface area contributed by atoms with Gasteiger partial charge in [0.05, 0.1) is 0 Å². The van der Waals surface area contributed by atoms with Crippen LogP contribution in [0.5, 0.6) is 0 Å². The van der Waals surface area contributed by atoms with Gasteiger partial charge in [-0.2, -0.15) is 0 Å². The fourth-order valence-corrected chi connectivity index (χ4v) is 1.99. The molecule has 0 aliphatic rings. The molecule has 1 amide bonds. The van der Waals surface area contributed by atoms with E-state index in [1.165, 1.54) is 5.56 Å². The number of rotatable bonds is 5. The zero-order chi connectivity index (χ0) is 15.3. The third kappa shape index (κ3) is 4.74. The maximum Gasteiger partial charge on any atom is 0.225 e. The highest BCUT2D eigenvalue weighted by molar-refractivity contribution is 5.89. The summed E-state index contributed by atoms with van der Waals surface area (Å²) in [7, 11) is 0. The number of amides is 1. The monoisotopic (exact) mass is 286 g/mol. The third-order valence-electron chi connectivity index (χ3n) is 3.23. The van der Waals surface area contributed by atoms with Crippen molar-refractivity contribution in [3.8, 4) is 0 Å². The molecule has 2 rings (SSSR count). The number of anilines is 1. The molecule has 0 aliphatic heterocycles. The summed E-state index contributed by atoms with van der Waals surface area (Å²) in [5, 5.41) is 6.66. The van der Waals surface area contributed by atoms with Crippen LogP contribution in [-0.4, -0.2) is 11.1 Å². The van der Waals surface area contributed by atoms with Gasteiger partial charge in [-0.15, -0.1) is 0 Å². The number of carbonyl (C=O) groups excluding carboxylic acids is 1. The molecule has 0 unspecified atom stereocenters. The van der Waals surface area contributed by atoms with E-state index in [0.29, 0.717) is 12.2 Å². The van der Waals surface area contributed by atoms with E-state index in [2.05, 4.69) is 22.6 Å². The first-order valence-corrected chi connectivity index (χ1v) is 7.26. The number of aromatic nitrogens is 1. The smallest absolute Gasteiger partial charge is 0.225 e. The largest absolute Gasteiger partial charge is 0.359 e. The van der Waals surface area contributed by atoms with E-state index >= 15 is 0 Å². The van der Waals surface area contributed by atoms with Crippen molar-refractivity contribution in [2.75, 3.05) is 5.32 Å². The molecule has 4 heteroatoms. The Balaban J connectivity index is 1.78. The summed E-state index contributed by atoms with van der Waals surface area (Å²) in [6.45, 7) is 6.12. The van der Waals surface area contributed by atoms with Crippen LogP contribution in [-0.2, 0) is 16.6 Å². The number of benzene rings is 1. The highest BCUT2D eigenvalue weighted by Crippen LogP contribution is 2.24. The number of nitrogens with one attached hydrogen (secondary N) is 1. The van der Waals surface area contributed by atoms with Crippen molar-refractivity contribution in [3.05, 3.63) is 47.7 Å². The van der Waals surface area contributed by atoms with E-state index in [0.717, 1.165) is 18.6 Å². The minimum absolute atomic E-state index is 0.0281. The Hall–Kier alpha value is -2.10. The lowest BCUT2D eigenvalue weighted by Gasteiger charge is -2.12. The zero-order valence-corrected chi connectivity index (χ0v) is 12.8. The van der Waals surface area contributed by atoms with Crippen molar-refractivity contribution in [1.82, 2.24) is 5.16 Å². The molecule has 0 spiro atoms. The van der Waals surface area contributed by atoms with Gasteiger partial charge < -0.3 is 9.84 Å². The van der Waals surface area contributed by atoms with Crippen LogP contribution < -0.4 is 5.32 Å². The summed E-state index contributed by atoms with van der Waals surface area (Å²) < 4.78 is 5.24. The summed E-state index contributed by atoms with van der Waals surface area (Å²) >= 11 is 0. The van der Waals surface area contributed by atoms with Crippen LogP contribution in [0.2, 0.25) is 0 Å². The van der Waals surface area contributed by atoms with Crippen molar-refractivity contribution >= 4 is 11.7 Å². The molecule has 0 saturated heterocycles. The van der Waals surface area contributed by atoms with E-state index in [1.807, 2.05) is 39.0 Å². The van der Waals surface area contributed by atoms with Gasteiger partial charge in [-0.25, -0.2) is 0 Å². The van der Waals surface area contributed by atoms with Gasteiger partial charge in [0.15, 0.2) is 5.82 Å². The van der Waals surface area contributed by atoms with Gasteiger partial charge in [-0.1, -0.05) is 56.3 Å². The van der Waals surface area contributed by atoms with Crippen LogP contribution in [0.4, 0.5) is 5.82 Å². The van der Waals surface area contributed by atoms with Crippen molar-refractivity contribution in [3.63, 3.8) is 0 Å². The van der Waals surface area contributed by atoms with Gasteiger partial charge in [-0.05, 0) is 18.4 Å². The summed E-state index contributed by atoms with van der Waals surface area (Å²) in [4.78, 5) is 11.9. The third-order valence-corrected chi connectivity index (χ3v) is 3.23. The molecule has 0 aliphatic carbocycles. The molecule has 1 aromatic heterocycles.